The Kier molecular flexibility index (Phi) is 9.61. The van der Waals surface area contributed by atoms with E-state index in [1.807, 2.05) is 12.3 Å². The van der Waals surface area contributed by atoms with Crippen LogP contribution in [0.4, 0.5) is 11.5 Å². The first kappa shape index (κ1) is 25.6. The van der Waals surface area contributed by atoms with E-state index < -0.39 is 0 Å². The molecule has 8 heteroatoms. The third-order valence-electron chi connectivity index (χ3n) is 6.41. The molecular formula is C25H37IN6O. The molecule has 0 amide bonds. The van der Waals surface area contributed by atoms with Crippen LogP contribution >= 0.6 is 24.0 Å². The quantitative estimate of drug-likeness (QED) is 0.341. The first-order valence-electron chi connectivity index (χ1n) is 11.8. The number of rotatable bonds is 5. The Morgan fingerprint density at radius 1 is 1.00 bits per heavy atom. The lowest BCUT2D eigenvalue weighted by Gasteiger charge is -2.38. The Morgan fingerprint density at radius 3 is 2.48 bits per heavy atom. The number of anilines is 2. The van der Waals surface area contributed by atoms with Crippen LogP contribution in [0.25, 0.3) is 0 Å². The molecule has 1 aromatic heterocycles. The summed E-state index contributed by atoms with van der Waals surface area (Å²) in [7, 11) is 0. The van der Waals surface area contributed by atoms with Gasteiger partial charge in [0.15, 0.2) is 5.96 Å². The summed E-state index contributed by atoms with van der Waals surface area (Å²) in [4.78, 5) is 16.9. The summed E-state index contributed by atoms with van der Waals surface area (Å²) in [5.41, 5.74) is 5.26. The van der Waals surface area contributed by atoms with Crippen molar-refractivity contribution in [2.24, 2.45) is 4.99 Å². The number of guanidine groups is 1. The number of halogens is 1. The van der Waals surface area contributed by atoms with E-state index in [1.54, 1.807) is 0 Å². The normalized spacial score (nSPS) is 17.1. The molecule has 180 valence electrons. The second-order valence-electron chi connectivity index (χ2n) is 8.45. The molecule has 2 saturated heterocycles. The smallest absolute Gasteiger partial charge is 0.194 e. The standard InChI is InChI=1S/C25H36N6O.HI/c1-4-26-25(28-19-22-8-6-10-27-24(22)30-15-17-32-18-16-30)31-13-11-29(12-14-31)23-9-5-7-20(2)21(23)3;/h5-10H,4,11-19H2,1-3H3,(H,26,28);1H. The molecule has 0 unspecified atom stereocenters. The van der Waals surface area contributed by atoms with Gasteiger partial charge in [-0.25, -0.2) is 9.98 Å². The average molecular weight is 565 g/mol. The molecular weight excluding hydrogens is 527 g/mol. The number of benzene rings is 1. The minimum Gasteiger partial charge on any atom is -0.378 e. The molecule has 2 fully saturated rings. The van der Waals surface area contributed by atoms with Crippen molar-refractivity contribution in [1.29, 1.82) is 0 Å². The molecule has 0 radical (unpaired) electrons. The van der Waals surface area contributed by atoms with Crippen molar-refractivity contribution >= 4 is 41.4 Å². The Hall–Kier alpha value is -2.07. The Balaban J connectivity index is 0.00000306. The first-order valence-corrected chi connectivity index (χ1v) is 11.8. The van der Waals surface area contributed by atoms with E-state index >= 15 is 0 Å². The highest BCUT2D eigenvalue weighted by Crippen LogP contribution is 2.24. The zero-order chi connectivity index (χ0) is 22.3. The zero-order valence-electron chi connectivity index (χ0n) is 20.1. The predicted octanol–water partition coefficient (Wildman–Crippen LogP) is 3.44. The van der Waals surface area contributed by atoms with Crippen molar-refractivity contribution in [3.63, 3.8) is 0 Å². The lowest BCUT2D eigenvalue weighted by molar-refractivity contribution is 0.122. The molecule has 2 aliphatic heterocycles. The molecule has 1 aromatic carbocycles. The third-order valence-corrected chi connectivity index (χ3v) is 6.41. The van der Waals surface area contributed by atoms with Gasteiger partial charge in [-0.2, -0.15) is 0 Å². The fraction of sp³-hybridized carbons (Fsp3) is 0.520. The van der Waals surface area contributed by atoms with E-state index in [4.69, 9.17) is 9.73 Å². The van der Waals surface area contributed by atoms with Crippen LogP contribution in [0, 0.1) is 13.8 Å². The van der Waals surface area contributed by atoms with Crippen LogP contribution in [0.5, 0.6) is 0 Å². The highest BCUT2D eigenvalue weighted by molar-refractivity contribution is 14.0. The van der Waals surface area contributed by atoms with Gasteiger partial charge in [-0.3, -0.25) is 0 Å². The molecule has 0 spiro atoms. The van der Waals surface area contributed by atoms with Crippen molar-refractivity contribution < 1.29 is 4.74 Å². The Labute approximate surface area is 215 Å². The lowest BCUT2D eigenvalue weighted by Crippen LogP contribution is -2.52. The highest BCUT2D eigenvalue weighted by Gasteiger charge is 2.21. The predicted molar refractivity (Wildman–Crippen MR) is 147 cm³/mol. The van der Waals surface area contributed by atoms with Crippen molar-refractivity contribution in [3.05, 3.63) is 53.2 Å². The largest absolute Gasteiger partial charge is 0.378 e. The van der Waals surface area contributed by atoms with Gasteiger partial charge in [0.1, 0.15) is 5.82 Å². The fourth-order valence-corrected chi connectivity index (χ4v) is 4.44. The minimum absolute atomic E-state index is 0. The van der Waals surface area contributed by atoms with Crippen LogP contribution in [0.15, 0.2) is 41.5 Å². The SMILES string of the molecule is CCNC(=NCc1cccnc1N1CCOCC1)N1CCN(c2cccc(C)c2C)CC1.I. The average Bonchev–Trinajstić information content (AvgIpc) is 2.84. The van der Waals surface area contributed by atoms with Gasteiger partial charge in [0.25, 0.3) is 0 Å². The monoisotopic (exact) mass is 564 g/mol. The summed E-state index contributed by atoms with van der Waals surface area (Å²) < 4.78 is 5.51. The van der Waals surface area contributed by atoms with E-state index in [2.05, 4.69) is 70.0 Å². The van der Waals surface area contributed by atoms with E-state index in [-0.39, 0.29) is 24.0 Å². The fourth-order valence-electron chi connectivity index (χ4n) is 4.44. The van der Waals surface area contributed by atoms with Crippen LogP contribution in [-0.2, 0) is 11.3 Å². The Morgan fingerprint density at radius 2 is 1.76 bits per heavy atom. The lowest BCUT2D eigenvalue weighted by atomic mass is 10.1. The van der Waals surface area contributed by atoms with Gasteiger partial charge in [0, 0.05) is 63.3 Å². The van der Waals surface area contributed by atoms with Gasteiger partial charge in [-0.05, 0) is 44.0 Å². The maximum Gasteiger partial charge on any atom is 0.194 e. The summed E-state index contributed by atoms with van der Waals surface area (Å²) in [6.07, 6.45) is 1.87. The van der Waals surface area contributed by atoms with Crippen LogP contribution in [0.2, 0.25) is 0 Å². The number of aliphatic imine (C=N–C) groups is 1. The highest BCUT2D eigenvalue weighted by atomic mass is 127. The molecule has 7 nitrogen and oxygen atoms in total. The maximum absolute atomic E-state index is 5.51. The molecule has 0 atom stereocenters. The summed E-state index contributed by atoms with van der Waals surface area (Å²) in [6.45, 7) is 15.2. The van der Waals surface area contributed by atoms with Crippen LogP contribution < -0.4 is 15.1 Å². The third kappa shape index (κ3) is 6.29. The summed E-state index contributed by atoms with van der Waals surface area (Å²) in [6, 6.07) is 10.7. The number of morpholine rings is 1. The molecule has 0 saturated carbocycles. The molecule has 3 heterocycles. The van der Waals surface area contributed by atoms with Crippen LogP contribution in [0.1, 0.15) is 23.6 Å². The molecule has 0 aliphatic carbocycles. The number of piperazine rings is 1. The van der Waals surface area contributed by atoms with E-state index in [9.17, 15) is 0 Å². The summed E-state index contributed by atoms with van der Waals surface area (Å²) in [5.74, 6) is 2.03. The second kappa shape index (κ2) is 12.4. The van der Waals surface area contributed by atoms with Crippen LogP contribution in [0.3, 0.4) is 0 Å². The molecule has 1 N–H and O–H groups in total. The maximum atomic E-state index is 5.51. The van der Waals surface area contributed by atoms with Crippen molar-refractivity contribution in [2.45, 2.75) is 27.3 Å². The summed E-state index contributed by atoms with van der Waals surface area (Å²) >= 11 is 0. The van der Waals surface area contributed by atoms with E-state index in [0.29, 0.717) is 6.54 Å². The number of pyridine rings is 1. The Bertz CT molecular complexity index is 923. The van der Waals surface area contributed by atoms with Crippen LogP contribution in [-0.4, -0.2) is 74.9 Å². The number of nitrogens with one attached hydrogen (secondary N) is 1. The number of hydrogen-bond donors (Lipinski definition) is 1. The first-order chi connectivity index (χ1) is 15.7. The van der Waals surface area contributed by atoms with Gasteiger partial charge in [-0.15, -0.1) is 24.0 Å². The van der Waals surface area contributed by atoms with Gasteiger partial charge in [0.2, 0.25) is 0 Å². The molecule has 33 heavy (non-hydrogen) atoms. The van der Waals surface area contributed by atoms with Crippen molar-refractivity contribution in [1.82, 2.24) is 15.2 Å². The second-order valence-corrected chi connectivity index (χ2v) is 8.45. The number of aromatic nitrogens is 1. The van der Waals surface area contributed by atoms with Gasteiger partial charge >= 0.3 is 0 Å². The minimum atomic E-state index is 0. The molecule has 2 aromatic rings. The van der Waals surface area contributed by atoms with Gasteiger partial charge in [-0.1, -0.05) is 18.2 Å². The van der Waals surface area contributed by atoms with Crippen molar-refractivity contribution in [2.75, 3.05) is 68.8 Å². The van der Waals surface area contributed by atoms with Gasteiger partial charge < -0.3 is 24.8 Å². The number of ether oxygens (including phenoxy) is 1. The van der Waals surface area contributed by atoms with Crippen molar-refractivity contribution in [3.8, 4) is 0 Å². The summed E-state index contributed by atoms with van der Waals surface area (Å²) in [5, 5.41) is 3.50. The topological polar surface area (TPSA) is 56.2 Å². The van der Waals surface area contributed by atoms with Gasteiger partial charge in [0.05, 0.1) is 19.8 Å². The van der Waals surface area contributed by atoms with E-state index in [1.165, 1.54) is 22.4 Å². The zero-order valence-corrected chi connectivity index (χ0v) is 22.4. The number of aryl methyl sites for hydroxylation is 1. The molecule has 2 aliphatic rings. The number of nitrogens with zero attached hydrogens (tertiary/aromatic N) is 5. The number of hydrogen-bond acceptors (Lipinski definition) is 5. The molecule has 0 bridgehead atoms. The molecule has 4 rings (SSSR count). The van der Waals surface area contributed by atoms with E-state index in [0.717, 1.165) is 70.8 Å².